The van der Waals surface area contributed by atoms with Gasteiger partial charge in [-0.15, -0.1) is 0 Å². The number of methoxy groups -OCH3 is 2. The van der Waals surface area contributed by atoms with Gasteiger partial charge < -0.3 is 14.4 Å². The molecule has 0 aliphatic rings. The Bertz CT molecular complexity index is 947. The van der Waals surface area contributed by atoms with Crippen LogP contribution >= 0.6 is 11.8 Å². The van der Waals surface area contributed by atoms with Gasteiger partial charge in [-0.1, -0.05) is 23.9 Å². The molecule has 0 atom stereocenters. The number of benzene rings is 1. The highest BCUT2D eigenvalue weighted by Crippen LogP contribution is 2.31. The highest BCUT2D eigenvalue weighted by atomic mass is 32.2. The second-order valence-corrected chi connectivity index (χ2v) is 9.46. The van der Waals surface area contributed by atoms with Crippen molar-refractivity contribution in [1.29, 1.82) is 0 Å². The third kappa shape index (κ3) is 5.62. The smallest absolute Gasteiger partial charge is 0.244 e. The molecule has 8 nitrogen and oxygen atoms in total. The van der Waals surface area contributed by atoms with Crippen molar-refractivity contribution < 1.29 is 22.7 Å². The van der Waals surface area contributed by atoms with E-state index < -0.39 is 10.0 Å². The highest BCUT2D eigenvalue weighted by Gasteiger charge is 2.18. The Morgan fingerprint density at radius 1 is 1.10 bits per heavy atom. The Balaban J connectivity index is 1.99. The Morgan fingerprint density at radius 2 is 1.83 bits per heavy atom. The average molecular weight is 440 g/mol. The number of aromatic nitrogens is 1. The van der Waals surface area contributed by atoms with Gasteiger partial charge in [-0.2, -0.15) is 0 Å². The van der Waals surface area contributed by atoms with Crippen molar-refractivity contribution >= 4 is 27.7 Å². The summed E-state index contributed by atoms with van der Waals surface area (Å²) in [6.07, 6.45) is 1.30. The first-order chi connectivity index (χ1) is 13.7. The zero-order valence-electron chi connectivity index (χ0n) is 17.1. The van der Waals surface area contributed by atoms with Gasteiger partial charge in [0.05, 0.1) is 25.0 Å². The van der Waals surface area contributed by atoms with E-state index in [1.807, 2.05) is 12.1 Å². The normalized spacial score (nSPS) is 11.4. The number of ether oxygens (including phenoxy) is 2. The van der Waals surface area contributed by atoms with Gasteiger partial charge in [0.25, 0.3) is 0 Å². The molecule has 1 aromatic carbocycles. The standard InChI is InChI=1S/C19H25N3O5S2/c1-21(2)29(24,25)15-9-10-17(20-11-15)28-13-18(23)22(3)12-14-7-6-8-16(26-4)19(14)27-5/h6-11H,12-13H2,1-5H3. The van der Waals surface area contributed by atoms with Crippen LogP contribution in [0.2, 0.25) is 0 Å². The lowest BCUT2D eigenvalue weighted by molar-refractivity contribution is -0.127. The summed E-state index contributed by atoms with van der Waals surface area (Å²) in [5.74, 6) is 1.29. The molecule has 0 radical (unpaired) electrons. The molecule has 10 heteroatoms. The van der Waals surface area contributed by atoms with Crippen molar-refractivity contribution in [2.75, 3.05) is 41.1 Å². The van der Waals surface area contributed by atoms with Crippen LogP contribution in [0.5, 0.6) is 11.5 Å². The fourth-order valence-corrected chi connectivity index (χ4v) is 4.11. The van der Waals surface area contributed by atoms with E-state index in [1.165, 1.54) is 38.1 Å². The van der Waals surface area contributed by atoms with E-state index in [9.17, 15) is 13.2 Å². The number of amides is 1. The van der Waals surface area contributed by atoms with Gasteiger partial charge >= 0.3 is 0 Å². The van der Waals surface area contributed by atoms with Crippen LogP contribution in [0.4, 0.5) is 0 Å². The Labute approximate surface area is 175 Å². The number of para-hydroxylation sites is 1. The number of carbonyl (C=O) groups excluding carboxylic acids is 1. The summed E-state index contributed by atoms with van der Waals surface area (Å²) in [4.78, 5) is 18.3. The van der Waals surface area contributed by atoms with E-state index in [0.717, 1.165) is 9.87 Å². The fraction of sp³-hybridized carbons (Fsp3) is 0.368. The van der Waals surface area contributed by atoms with Crippen LogP contribution in [0, 0.1) is 0 Å². The van der Waals surface area contributed by atoms with Crippen molar-refractivity contribution in [2.45, 2.75) is 16.5 Å². The van der Waals surface area contributed by atoms with Gasteiger partial charge in [-0.05, 0) is 18.2 Å². The lowest BCUT2D eigenvalue weighted by atomic mass is 10.1. The molecule has 158 valence electrons. The molecule has 0 bridgehead atoms. The van der Waals surface area contributed by atoms with E-state index in [0.29, 0.717) is 23.1 Å². The largest absolute Gasteiger partial charge is 0.493 e. The SMILES string of the molecule is COc1cccc(CN(C)C(=O)CSc2ccc(S(=O)(=O)N(C)C)cn2)c1OC. The van der Waals surface area contributed by atoms with Crippen molar-refractivity contribution in [2.24, 2.45) is 0 Å². The zero-order valence-corrected chi connectivity index (χ0v) is 18.7. The van der Waals surface area contributed by atoms with Crippen molar-refractivity contribution in [3.05, 3.63) is 42.1 Å². The molecule has 0 unspecified atom stereocenters. The quantitative estimate of drug-likeness (QED) is 0.553. The molecule has 0 spiro atoms. The first kappa shape index (κ1) is 23.0. The maximum absolute atomic E-state index is 12.5. The van der Waals surface area contributed by atoms with Crippen molar-refractivity contribution in [1.82, 2.24) is 14.2 Å². The number of nitrogens with zero attached hydrogens (tertiary/aromatic N) is 3. The number of carbonyl (C=O) groups is 1. The topological polar surface area (TPSA) is 89.0 Å². The molecule has 29 heavy (non-hydrogen) atoms. The van der Waals surface area contributed by atoms with Crippen LogP contribution in [0.15, 0.2) is 46.5 Å². The summed E-state index contributed by atoms with van der Waals surface area (Å²) in [7, 11) is 4.24. The summed E-state index contributed by atoms with van der Waals surface area (Å²) in [6.45, 7) is 0.368. The number of pyridine rings is 1. The van der Waals surface area contributed by atoms with E-state index >= 15 is 0 Å². The second-order valence-electron chi connectivity index (χ2n) is 6.31. The Hall–Kier alpha value is -2.30. The third-order valence-electron chi connectivity index (χ3n) is 4.15. The lowest BCUT2D eigenvalue weighted by Gasteiger charge is -2.19. The van der Waals surface area contributed by atoms with E-state index in [2.05, 4.69) is 4.98 Å². The molecule has 0 aliphatic heterocycles. The van der Waals surface area contributed by atoms with Gasteiger partial charge in [-0.25, -0.2) is 17.7 Å². The van der Waals surface area contributed by atoms with Crippen LogP contribution in [0.3, 0.4) is 0 Å². The molecule has 2 aromatic rings. The first-order valence-corrected chi connectivity index (χ1v) is 11.1. The van der Waals surface area contributed by atoms with Gasteiger partial charge in [0.2, 0.25) is 15.9 Å². The summed E-state index contributed by atoms with van der Waals surface area (Å²) < 4.78 is 36.0. The Morgan fingerprint density at radius 3 is 2.38 bits per heavy atom. The van der Waals surface area contributed by atoms with E-state index in [4.69, 9.17) is 9.47 Å². The Kier molecular flexibility index (Phi) is 7.88. The number of thioether (sulfide) groups is 1. The fourth-order valence-electron chi connectivity index (χ4n) is 2.48. The minimum atomic E-state index is -3.52. The van der Waals surface area contributed by atoms with Gasteiger partial charge in [0.1, 0.15) is 4.90 Å². The zero-order chi connectivity index (χ0) is 21.6. The van der Waals surface area contributed by atoms with Gasteiger partial charge in [0.15, 0.2) is 11.5 Å². The second kappa shape index (κ2) is 9.95. The van der Waals surface area contributed by atoms with Crippen LogP contribution in [0.25, 0.3) is 0 Å². The van der Waals surface area contributed by atoms with Crippen LogP contribution < -0.4 is 9.47 Å². The predicted molar refractivity (Wildman–Crippen MR) is 112 cm³/mol. The number of rotatable bonds is 9. The summed E-state index contributed by atoms with van der Waals surface area (Å²) in [6, 6.07) is 8.60. The molecular formula is C19H25N3O5S2. The van der Waals surface area contributed by atoms with Crippen LogP contribution in [0.1, 0.15) is 5.56 Å². The summed E-state index contributed by atoms with van der Waals surface area (Å²) in [5, 5.41) is 0.573. The first-order valence-electron chi connectivity index (χ1n) is 8.66. The van der Waals surface area contributed by atoms with Crippen LogP contribution in [-0.4, -0.2) is 69.6 Å². The maximum Gasteiger partial charge on any atom is 0.244 e. The number of sulfonamides is 1. The number of hydrogen-bond acceptors (Lipinski definition) is 7. The minimum Gasteiger partial charge on any atom is -0.493 e. The van der Waals surface area contributed by atoms with Crippen molar-refractivity contribution in [3.8, 4) is 11.5 Å². The monoisotopic (exact) mass is 439 g/mol. The summed E-state index contributed by atoms with van der Waals surface area (Å²) >= 11 is 1.25. The van der Waals surface area contributed by atoms with Crippen LogP contribution in [-0.2, 0) is 21.4 Å². The molecule has 2 rings (SSSR count). The molecule has 1 heterocycles. The molecule has 0 N–H and O–H groups in total. The molecule has 0 saturated carbocycles. The van der Waals surface area contributed by atoms with E-state index in [-0.39, 0.29) is 16.6 Å². The average Bonchev–Trinajstić information content (AvgIpc) is 2.71. The maximum atomic E-state index is 12.5. The predicted octanol–water partition coefficient (Wildman–Crippen LogP) is 2.10. The third-order valence-corrected chi connectivity index (χ3v) is 6.88. The van der Waals surface area contributed by atoms with E-state index in [1.54, 1.807) is 38.3 Å². The molecule has 1 aromatic heterocycles. The lowest BCUT2D eigenvalue weighted by Crippen LogP contribution is -2.28. The molecule has 0 saturated heterocycles. The van der Waals surface area contributed by atoms with Gasteiger partial charge in [0, 0.05) is 39.4 Å². The minimum absolute atomic E-state index is 0.0911. The highest BCUT2D eigenvalue weighted by molar-refractivity contribution is 7.99. The molecule has 0 fully saturated rings. The molecule has 0 aliphatic carbocycles. The van der Waals surface area contributed by atoms with Crippen molar-refractivity contribution in [3.63, 3.8) is 0 Å². The molecular weight excluding hydrogens is 414 g/mol. The van der Waals surface area contributed by atoms with Gasteiger partial charge in [-0.3, -0.25) is 4.79 Å². The summed E-state index contributed by atoms with van der Waals surface area (Å²) in [5.41, 5.74) is 0.837. The number of hydrogen-bond donors (Lipinski definition) is 0. The molecule has 1 amide bonds.